The van der Waals surface area contributed by atoms with Crippen molar-refractivity contribution in [1.82, 2.24) is 0 Å². The van der Waals surface area contributed by atoms with Gasteiger partial charge in [0.25, 0.3) is 0 Å². The average Bonchev–Trinajstić information content (AvgIpc) is 2.53. The van der Waals surface area contributed by atoms with E-state index in [9.17, 15) is 4.79 Å². The quantitative estimate of drug-likeness (QED) is 0.579. The highest BCUT2D eigenvalue weighted by atomic mass is 17.2. The fraction of sp³-hybridized carbons (Fsp3) is 0.364. The highest BCUT2D eigenvalue weighted by Gasteiger charge is 2.18. The summed E-state index contributed by atoms with van der Waals surface area (Å²) in [6.45, 7) is 1.29. The summed E-state index contributed by atoms with van der Waals surface area (Å²) in [7, 11) is 0. The number of fused-ring (bicyclic) bond motifs is 1. The maximum atomic E-state index is 10.5. The first-order valence-corrected chi connectivity index (χ1v) is 4.87. The van der Waals surface area contributed by atoms with Gasteiger partial charge in [0.1, 0.15) is 0 Å². The van der Waals surface area contributed by atoms with Gasteiger partial charge in [0, 0.05) is 13.0 Å². The molecule has 0 amide bonds. The van der Waals surface area contributed by atoms with Gasteiger partial charge >= 0.3 is 5.97 Å². The third-order valence-corrected chi connectivity index (χ3v) is 2.40. The monoisotopic (exact) mass is 207 g/mol. The molecule has 0 aliphatic heterocycles. The zero-order valence-electron chi connectivity index (χ0n) is 8.53. The van der Waals surface area contributed by atoms with E-state index in [0.29, 0.717) is 5.75 Å². The van der Waals surface area contributed by atoms with Crippen molar-refractivity contribution in [2.75, 3.05) is 0 Å². The normalized spacial score (nSPS) is 18.4. The molecule has 1 aromatic rings. The van der Waals surface area contributed by atoms with Gasteiger partial charge < -0.3 is 5.73 Å². The third kappa shape index (κ3) is 2.27. The fourth-order valence-corrected chi connectivity index (χ4v) is 1.79. The number of benzene rings is 1. The predicted molar refractivity (Wildman–Crippen MR) is 54.2 cm³/mol. The van der Waals surface area contributed by atoms with E-state index in [4.69, 9.17) is 10.6 Å². The van der Waals surface area contributed by atoms with E-state index < -0.39 is 5.97 Å². The van der Waals surface area contributed by atoms with Gasteiger partial charge in [-0.25, -0.2) is 4.79 Å². The van der Waals surface area contributed by atoms with Crippen molar-refractivity contribution in [1.29, 1.82) is 0 Å². The first kappa shape index (κ1) is 9.98. The second kappa shape index (κ2) is 3.90. The molecule has 0 radical (unpaired) electrons. The smallest absolute Gasteiger partial charge is 0.327 e. The van der Waals surface area contributed by atoms with Crippen molar-refractivity contribution in [2.24, 2.45) is 5.73 Å². The molecule has 2 rings (SSSR count). The van der Waals surface area contributed by atoms with Crippen molar-refractivity contribution < 1.29 is 14.6 Å². The Morgan fingerprint density at radius 3 is 2.87 bits per heavy atom. The Bertz CT molecular complexity index is 389. The van der Waals surface area contributed by atoms with Gasteiger partial charge in [-0.15, -0.1) is 0 Å². The summed E-state index contributed by atoms with van der Waals surface area (Å²) in [6, 6.07) is 5.80. The van der Waals surface area contributed by atoms with Crippen LogP contribution in [0.5, 0.6) is 5.75 Å². The van der Waals surface area contributed by atoms with Gasteiger partial charge in [-0.2, -0.15) is 0 Å². The molecule has 2 N–H and O–H groups in total. The van der Waals surface area contributed by atoms with Crippen LogP contribution in [0, 0.1) is 0 Å². The number of rotatable bonds is 2. The molecule has 0 spiro atoms. The number of hydrogen-bond donors (Lipinski definition) is 1. The molecule has 15 heavy (non-hydrogen) atoms. The lowest BCUT2D eigenvalue weighted by molar-refractivity contribution is -0.210. The van der Waals surface area contributed by atoms with Crippen LogP contribution in [0.1, 0.15) is 18.1 Å². The second-order valence-electron chi connectivity index (χ2n) is 3.76. The lowest BCUT2D eigenvalue weighted by Crippen LogP contribution is -2.18. The SMILES string of the molecule is CC(=O)OOc1ccc2c(c1)CC(N)C2. The molecule has 4 heteroatoms. The number of nitrogens with two attached hydrogens (primary N) is 1. The average molecular weight is 207 g/mol. The summed E-state index contributed by atoms with van der Waals surface area (Å²) in [4.78, 5) is 19.8. The van der Waals surface area contributed by atoms with E-state index in [1.54, 1.807) is 6.07 Å². The highest BCUT2D eigenvalue weighted by Crippen LogP contribution is 2.25. The van der Waals surface area contributed by atoms with Crippen molar-refractivity contribution in [3.63, 3.8) is 0 Å². The fourth-order valence-electron chi connectivity index (χ4n) is 1.79. The van der Waals surface area contributed by atoms with E-state index in [-0.39, 0.29) is 6.04 Å². The zero-order valence-corrected chi connectivity index (χ0v) is 8.53. The molecular weight excluding hydrogens is 194 g/mol. The molecule has 0 bridgehead atoms. The van der Waals surface area contributed by atoms with Gasteiger partial charge in [0.2, 0.25) is 0 Å². The summed E-state index contributed by atoms with van der Waals surface area (Å²) in [5.74, 6) is 0.0743. The number of hydrogen-bond acceptors (Lipinski definition) is 4. The predicted octanol–water partition coefficient (Wildman–Crippen LogP) is 0.969. The zero-order chi connectivity index (χ0) is 10.8. The molecule has 1 aliphatic carbocycles. The molecule has 4 nitrogen and oxygen atoms in total. The van der Waals surface area contributed by atoms with E-state index >= 15 is 0 Å². The molecule has 0 heterocycles. The molecule has 0 saturated heterocycles. The highest BCUT2D eigenvalue weighted by molar-refractivity contribution is 5.65. The molecule has 1 atom stereocenters. The van der Waals surface area contributed by atoms with E-state index in [1.807, 2.05) is 12.1 Å². The molecule has 80 valence electrons. The van der Waals surface area contributed by atoms with Crippen LogP contribution in [0.3, 0.4) is 0 Å². The van der Waals surface area contributed by atoms with Crippen molar-refractivity contribution in [3.8, 4) is 5.75 Å². The molecule has 1 aliphatic rings. The topological polar surface area (TPSA) is 61.5 Å². The summed E-state index contributed by atoms with van der Waals surface area (Å²) < 4.78 is 0. The summed E-state index contributed by atoms with van der Waals surface area (Å²) in [6.07, 6.45) is 1.76. The van der Waals surface area contributed by atoms with E-state index in [1.165, 1.54) is 18.1 Å². The van der Waals surface area contributed by atoms with Crippen LogP contribution < -0.4 is 10.6 Å². The van der Waals surface area contributed by atoms with Crippen molar-refractivity contribution in [2.45, 2.75) is 25.8 Å². The van der Waals surface area contributed by atoms with E-state index in [2.05, 4.69) is 4.89 Å². The molecule has 0 fully saturated rings. The Morgan fingerprint density at radius 2 is 2.13 bits per heavy atom. The molecule has 0 aromatic heterocycles. The molecular formula is C11H13NO3. The largest absolute Gasteiger partial charge is 0.352 e. The van der Waals surface area contributed by atoms with Crippen LogP contribution in [0.25, 0.3) is 0 Å². The Kier molecular flexibility index (Phi) is 2.60. The van der Waals surface area contributed by atoms with Crippen LogP contribution in [0.15, 0.2) is 18.2 Å². The first-order valence-electron chi connectivity index (χ1n) is 4.87. The minimum absolute atomic E-state index is 0.198. The van der Waals surface area contributed by atoms with E-state index in [0.717, 1.165) is 12.8 Å². The van der Waals surface area contributed by atoms with Gasteiger partial charge in [-0.3, -0.25) is 9.78 Å². The summed E-state index contributed by atoms with van der Waals surface area (Å²) in [5.41, 5.74) is 8.25. The van der Waals surface area contributed by atoms with Gasteiger partial charge in [0.15, 0.2) is 5.75 Å². The Hall–Kier alpha value is -1.55. The maximum Gasteiger partial charge on any atom is 0.352 e. The molecule has 1 unspecified atom stereocenters. The Morgan fingerprint density at radius 1 is 1.40 bits per heavy atom. The minimum Gasteiger partial charge on any atom is -0.327 e. The van der Waals surface area contributed by atoms with Gasteiger partial charge in [-0.05, 0) is 36.1 Å². The lowest BCUT2D eigenvalue weighted by Gasteiger charge is -2.04. The minimum atomic E-state index is -0.466. The van der Waals surface area contributed by atoms with Crippen molar-refractivity contribution >= 4 is 5.97 Å². The number of carbonyl (C=O) groups excluding carboxylic acids is 1. The standard InChI is InChI=1S/C11H13NO3/c1-7(13)14-15-11-3-2-8-4-10(12)5-9(8)6-11/h2-3,6,10H,4-5,12H2,1H3. The first-order chi connectivity index (χ1) is 7.15. The van der Waals surface area contributed by atoms with Crippen LogP contribution >= 0.6 is 0 Å². The second-order valence-corrected chi connectivity index (χ2v) is 3.76. The Balaban J connectivity index is 2.09. The lowest BCUT2D eigenvalue weighted by atomic mass is 10.1. The summed E-state index contributed by atoms with van der Waals surface area (Å²) in [5, 5.41) is 0. The van der Waals surface area contributed by atoms with Crippen LogP contribution in [0.4, 0.5) is 0 Å². The Labute approximate surface area is 87.9 Å². The van der Waals surface area contributed by atoms with Crippen molar-refractivity contribution in [3.05, 3.63) is 29.3 Å². The third-order valence-electron chi connectivity index (χ3n) is 2.40. The van der Waals surface area contributed by atoms with Gasteiger partial charge in [0.05, 0.1) is 0 Å². The summed E-state index contributed by atoms with van der Waals surface area (Å²) >= 11 is 0. The van der Waals surface area contributed by atoms with Gasteiger partial charge in [-0.1, -0.05) is 6.07 Å². The van der Waals surface area contributed by atoms with Crippen LogP contribution in [-0.4, -0.2) is 12.0 Å². The number of carbonyl (C=O) groups is 1. The maximum absolute atomic E-state index is 10.5. The van der Waals surface area contributed by atoms with Crippen LogP contribution in [-0.2, 0) is 22.5 Å². The van der Waals surface area contributed by atoms with Crippen LogP contribution in [0.2, 0.25) is 0 Å². The molecule has 0 saturated carbocycles. The molecule has 1 aromatic carbocycles.